The lowest BCUT2D eigenvalue weighted by molar-refractivity contribution is 0.0787. The number of aliphatic hydroxyl groups is 1. The highest BCUT2D eigenvalue weighted by Crippen LogP contribution is 2.30. The Hall–Kier alpha value is -3.20. The van der Waals surface area contributed by atoms with Gasteiger partial charge in [0.1, 0.15) is 12.4 Å². The van der Waals surface area contributed by atoms with Crippen molar-refractivity contribution in [2.24, 2.45) is 0 Å². The first-order valence-corrected chi connectivity index (χ1v) is 9.11. The molecule has 28 heavy (non-hydrogen) atoms. The fourth-order valence-corrected chi connectivity index (χ4v) is 3.38. The zero-order chi connectivity index (χ0) is 19.9. The van der Waals surface area contributed by atoms with E-state index in [0.29, 0.717) is 21.8 Å². The average molecular weight is 389 g/mol. The summed E-state index contributed by atoms with van der Waals surface area (Å²) in [6, 6.07) is 17.0. The van der Waals surface area contributed by atoms with Gasteiger partial charge in [0.05, 0.1) is 38.6 Å². The van der Waals surface area contributed by atoms with E-state index in [0.717, 1.165) is 22.3 Å². The molecule has 0 aliphatic heterocycles. The van der Waals surface area contributed by atoms with Crippen LogP contribution in [0.4, 0.5) is 0 Å². The third-order valence-corrected chi connectivity index (χ3v) is 4.99. The maximum atomic E-state index is 10.2. The molecule has 4 aromatic rings. The number of imidazole rings is 1. The molecule has 0 fully saturated rings. The van der Waals surface area contributed by atoms with Crippen LogP contribution >= 0.6 is 11.6 Å². The van der Waals surface area contributed by atoms with Crippen molar-refractivity contribution >= 4 is 22.6 Å². The second-order valence-electron chi connectivity index (χ2n) is 7.05. The molecule has 0 spiro atoms. The summed E-state index contributed by atoms with van der Waals surface area (Å²) in [5, 5.41) is 20.1. The van der Waals surface area contributed by atoms with Crippen LogP contribution < -0.4 is 0 Å². The van der Waals surface area contributed by atoms with Gasteiger partial charge in [0.25, 0.3) is 0 Å². The van der Waals surface area contributed by atoms with Gasteiger partial charge in [-0.15, -0.1) is 0 Å². The van der Waals surface area contributed by atoms with Crippen molar-refractivity contribution in [1.29, 1.82) is 5.26 Å². The van der Waals surface area contributed by atoms with Gasteiger partial charge in [0.2, 0.25) is 0 Å². The van der Waals surface area contributed by atoms with E-state index in [2.05, 4.69) is 16.0 Å². The molecule has 4 rings (SSSR count). The van der Waals surface area contributed by atoms with E-state index in [1.165, 1.54) is 0 Å². The number of pyridine rings is 1. The second-order valence-corrected chi connectivity index (χ2v) is 7.46. The fraction of sp³-hybridized carbons (Fsp3) is 0.136. The molecule has 5 nitrogen and oxygen atoms in total. The lowest BCUT2D eigenvalue weighted by Gasteiger charge is -2.17. The summed E-state index contributed by atoms with van der Waals surface area (Å²) in [5.41, 5.74) is 4.19. The standard InChI is InChI=1S/C22H17ClN4O/c1-22(2,28)14-6-7-21-20(10-14)26-13-27(21)15-8-9-25-19(11-15)16-4-3-5-18(23)17(16)12-24/h3-11,13,28H,1-2H3. The molecule has 0 radical (unpaired) electrons. The lowest BCUT2D eigenvalue weighted by atomic mass is 9.98. The van der Waals surface area contributed by atoms with Crippen molar-refractivity contribution in [1.82, 2.24) is 14.5 Å². The highest BCUT2D eigenvalue weighted by Gasteiger charge is 2.17. The summed E-state index contributed by atoms with van der Waals surface area (Å²) in [5.74, 6) is 0. The number of benzene rings is 2. The van der Waals surface area contributed by atoms with Crippen molar-refractivity contribution in [3.63, 3.8) is 0 Å². The van der Waals surface area contributed by atoms with E-state index < -0.39 is 5.60 Å². The highest BCUT2D eigenvalue weighted by atomic mass is 35.5. The summed E-state index contributed by atoms with van der Waals surface area (Å²) in [7, 11) is 0. The topological polar surface area (TPSA) is 74.7 Å². The maximum absolute atomic E-state index is 10.2. The van der Waals surface area contributed by atoms with Crippen LogP contribution in [0.5, 0.6) is 0 Å². The van der Waals surface area contributed by atoms with Gasteiger partial charge in [-0.05, 0) is 49.7 Å². The first-order chi connectivity index (χ1) is 13.4. The van der Waals surface area contributed by atoms with Gasteiger partial charge in [0, 0.05) is 11.8 Å². The number of hydrogen-bond donors (Lipinski definition) is 1. The van der Waals surface area contributed by atoms with Crippen molar-refractivity contribution in [2.45, 2.75) is 19.4 Å². The number of nitriles is 1. The van der Waals surface area contributed by atoms with Crippen LogP contribution in [0.1, 0.15) is 25.0 Å². The maximum Gasteiger partial charge on any atom is 0.101 e. The summed E-state index contributed by atoms with van der Waals surface area (Å²) in [6.07, 6.45) is 3.44. The highest BCUT2D eigenvalue weighted by molar-refractivity contribution is 6.32. The van der Waals surface area contributed by atoms with Gasteiger partial charge >= 0.3 is 0 Å². The Labute approximate surface area is 167 Å². The molecule has 0 aliphatic rings. The molecule has 2 aromatic heterocycles. The monoisotopic (exact) mass is 388 g/mol. The van der Waals surface area contributed by atoms with Crippen LogP contribution in [0.15, 0.2) is 61.1 Å². The first kappa shape index (κ1) is 18.2. The van der Waals surface area contributed by atoms with Crippen LogP contribution in [0, 0.1) is 11.3 Å². The quantitative estimate of drug-likeness (QED) is 0.545. The minimum atomic E-state index is -0.928. The van der Waals surface area contributed by atoms with Gasteiger partial charge in [-0.25, -0.2) is 4.98 Å². The van der Waals surface area contributed by atoms with Gasteiger partial charge in [-0.3, -0.25) is 9.55 Å². The van der Waals surface area contributed by atoms with Crippen LogP contribution in [0.3, 0.4) is 0 Å². The van der Waals surface area contributed by atoms with Crippen molar-refractivity contribution in [3.05, 3.63) is 77.2 Å². The first-order valence-electron chi connectivity index (χ1n) is 8.74. The molecule has 138 valence electrons. The molecular formula is C22H17ClN4O. The predicted molar refractivity (Wildman–Crippen MR) is 109 cm³/mol. The molecular weight excluding hydrogens is 372 g/mol. The molecule has 2 heterocycles. The second kappa shape index (κ2) is 6.75. The number of fused-ring (bicyclic) bond motifs is 1. The van der Waals surface area contributed by atoms with E-state index in [1.54, 1.807) is 38.5 Å². The zero-order valence-electron chi connectivity index (χ0n) is 15.4. The van der Waals surface area contributed by atoms with E-state index in [1.807, 2.05) is 41.0 Å². The zero-order valence-corrected chi connectivity index (χ0v) is 16.1. The molecule has 6 heteroatoms. The minimum Gasteiger partial charge on any atom is -0.386 e. The van der Waals surface area contributed by atoms with Gasteiger partial charge in [-0.1, -0.05) is 29.8 Å². The fourth-order valence-electron chi connectivity index (χ4n) is 3.17. The van der Waals surface area contributed by atoms with E-state index >= 15 is 0 Å². The smallest absolute Gasteiger partial charge is 0.101 e. The van der Waals surface area contributed by atoms with Crippen molar-refractivity contribution in [3.8, 4) is 23.0 Å². The molecule has 0 saturated heterocycles. The van der Waals surface area contributed by atoms with Crippen molar-refractivity contribution < 1.29 is 5.11 Å². The Morgan fingerprint density at radius 2 is 1.93 bits per heavy atom. The van der Waals surface area contributed by atoms with E-state index in [9.17, 15) is 10.4 Å². The lowest BCUT2D eigenvalue weighted by Crippen LogP contribution is -2.15. The number of aromatic nitrogens is 3. The molecule has 0 amide bonds. The van der Waals surface area contributed by atoms with E-state index in [4.69, 9.17) is 11.6 Å². The molecule has 0 bridgehead atoms. The van der Waals surface area contributed by atoms with Crippen molar-refractivity contribution in [2.75, 3.05) is 0 Å². The van der Waals surface area contributed by atoms with Crippen LogP contribution in [0.25, 0.3) is 28.0 Å². The summed E-state index contributed by atoms with van der Waals surface area (Å²) >= 11 is 6.16. The Balaban J connectivity index is 1.83. The third kappa shape index (κ3) is 3.13. The Morgan fingerprint density at radius 1 is 1.11 bits per heavy atom. The molecule has 0 unspecified atom stereocenters. The SMILES string of the molecule is CC(C)(O)c1ccc2c(c1)ncn2-c1ccnc(-c2cccc(Cl)c2C#N)c1. The average Bonchev–Trinajstić information content (AvgIpc) is 3.10. The van der Waals surface area contributed by atoms with Crippen LogP contribution in [-0.4, -0.2) is 19.6 Å². The number of halogens is 1. The Bertz CT molecular complexity index is 1230. The normalized spacial score (nSPS) is 11.5. The molecule has 2 aromatic carbocycles. The largest absolute Gasteiger partial charge is 0.386 e. The summed E-state index contributed by atoms with van der Waals surface area (Å²) < 4.78 is 1.95. The molecule has 0 aliphatic carbocycles. The molecule has 0 saturated carbocycles. The van der Waals surface area contributed by atoms with Gasteiger partial charge in [-0.2, -0.15) is 5.26 Å². The number of nitrogens with zero attached hydrogens (tertiary/aromatic N) is 4. The minimum absolute atomic E-state index is 0.402. The van der Waals surface area contributed by atoms with Gasteiger partial charge in [0.15, 0.2) is 0 Å². The Morgan fingerprint density at radius 3 is 2.68 bits per heavy atom. The number of rotatable bonds is 3. The summed E-state index contributed by atoms with van der Waals surface area (Å²) in [4.78, 5) is 8.90. The number of hydrogen-bond acceptors (Lipinski definition) is 4. The van der Waals surface area contributed by atoms with Crippen LogP contribution in [0.2, 0.25) is 5.02 Å². The molecule has 1 N–H and O–H groups in total. The summed E-state index contributed by atoms with van der Waals surface area (Å²) in [6.45, 7) is 3.50. The van der Waals surface area contributed by atoms with Crippen LogP contribution in [-0.2, 0) is 5.60 Å². The predicted octanol–water partition coefficient (Wildman–Crippen LogP) is 4.84. The Kier molecular flexibility index (Phi) is 4.38. The third-order valence-electron chi connectivity index (χ3n) is 4.68. The molecule has 0 atom stereocenters. The van der Waals surface area contributed by atoms with Gasteiger partial charge < -0.3 is 5.11 Å². The van der Waals surface area contributed by atoms with E-state index in [-0.39, 0.29) is 0 Å².